The van der Waals surface area contributed by atoms with Gasteiger partial charge < -0.3 is 0 Å². The van der Waals surface area contributed by atoms with Gasteiger partial charge in [0.15, 0.2) is 0 Å². The maximum atomic E-state index is 2.46. The van der Waals surface area contributed by atoms with Crippen LogP contribution in [-0.2, 0) is 0 Å². The predicted octanol–water partition coefficient (Wildman–Crippen LogP) is 5.09. The van der Waals surface area contributed by atoms with E-state index in [4.69, 9.17) is 0 Å². The van der Waals surface area contributed by atoms with Crippen molar-refractivity contribution in [2.45, 2.75) is 38.5 Å². The molecule has 1 atom stereocenters. The van der Waals surface area contributed by atoms with Crippen molar-refractivity contribution in [1.29, 1.82) is 0 Å². The average molecular weight is 238 g/mol. The second-order valence-electron chi connectivity index (χ2n) is 5.91. The molecule has 94 valence electrons. The summed E-state index contributed by atoms with van der Waals surface area (Å²) in [6, 6.07) is 11.1. The van der Waals surface area contributed by atoms with Gasteiger partial charge in [0.1, 0.15) is 0 Å². The highest BCUT2D eigenvalue weighted by atomic mass is 14.4. The molecule has 0 heterocycles. The third-order valence-electron chi connectivity index (χ3n) is 4.42. The van der Waals surface area contributed by atoms with Crippen molar-refractivity contribution in [2.24, 2.45) is 11.8 Å². The van der Waals surface area contributed by atoms with Crippen LogP contribution in [0.15, 0.2) is 54.1 Å². The van der Waals surface area contributed by atoms with E-state index in [2.05, 4.69) is 55.5 Å². The lowest BCUT2D eigenvalue weighted by Gasteiger charge is -2.40. The molecule has 1 saturated carbocycles. The van der Waals surface area contributed by atoms with Crippen molar-refractivity contribution in [1.82, 2.24) is 0 Å². The van der Waals surface area contributed by atoms with Crippen molar-refractivity contribution < 1.29 is 0 Å². The molecular weight excluding hydrogens is 216 g/mol. The Balaban J connectivity index is 1.89. The molecule has 2 aliphatic carbocycles. The Hall–Kier alpha value is -1.30. The third-order valence-corrected chi connectivity index (χ3v) is 4.42. The maximum absolute atomic E-state index is 2.46. The smallest absolute Gasteiger partial charge is 0.0114 e. The van der Waals surface area contributed by atoms with Crippen LogP contribution in [0.1, 0.15) is 44.1 Å². The van der Waals surface area contributed by atoms with Crippen molar-refractivity contribution in [3.8, 4) is 0 Å². The summed E-state index contributed by atoms with van der Waals surface area (Å²) in [6.45, 7) is 2.38. The zero-order chi connectivity index (χ0) is 12.4. The zero-order valence-corrected chi connectivity index (χ0v) is 11.2. The fourth-order valence-corrected chi connectivity index (χ4v) is 3.50. The van der Waals surface area contributed by atoms with Crippen molar-refractivity contribution in [3.05, 3.63) is 59.7 Å². The lowest BCUT2D eigenvalue weighted by Crippen LogP contribution is -2.28. The van der Waals surface area contributed by atoms with Crippen LogP contribution in [0.3, 0.4) is 0 Å². The molecule has 0 amide bonds. The number of rotatable bonds is 3. The van der Waals surface area contributed by atoms with Gasteiger partial charge >= 0.3 is 0 Å². The first-order chi connectivity index (χ1) is 8.84. The quantitative estimate of drug-likeness (QED) is 0.688. The summed E-state index contributed by atoms with van der Waals surface area (Å²) >= 11 is 0. The Morgan fingerprint density at radius 2 is 1.83 bits per heavy atom. The molecule has 0 N–H and O–H groups in total. The molecule has 1 unspecified atom stereocenters. The summed E-state index contributed by atoms with van der Waals surface area (Å²) in [4.78, 5) is 0. The zero-order valence-electron chi connectivity index (χ0n) is 11.2. The first-order valence-corrected chi connectivity index (χ1v) is 7.26. The Morgan fingerprint density at radius 1 is 1.06 bits per heavy atom. The van der Waals surface area contributed by atoms with Crippen LogP contribution in [0, 0.1) is 11.8 Å². The molecule has 0 aliphatic heterocycles. The van der Waals surface area contributed by atoms with E-state index >= 15 is 0 Å². The van der Waals surface area contributed by atoms with Crippen molar-refractivity contribution in [3.63, 3.8) is 0 Å². The van der Waals surface area contributed by atoms with Crippen LogP contribution in [0.25, 0.3) is 0 Å². The van der Waals surface area contributed by atoms with Crippen LogP contribution < -0.4 is 0 Å². The van der Waals surface area contributed by atoms with E-state index < -0.39 is 0 Å². The fraction of sp³-hybridized carbons (Fsp3) is 0.444. The van der Waals surface area contributed by atoms with Gasteiger partial charge in [0.2, 0.25) is 0 Å². The standard InChI is InChI=1S/C18H22/c1-14-12-17(13-14)18(15-8-4-2-5-9-15)16-10-6-3-7-11-16/h2,4-6,8-11,14,17-18H,3,7,12-13H2,1H3. The van der Waals surface area contributed by atoms with Crippen LogP contribution in [0.4, 0.5) is 0 Å². The number of hydrogen-bond donors (Lipinski definition) is 0. The lowest BCUT2D eigenvalue weighted by molar-refractivity contribution is 0.190. The molecule has 0 radical (unpaired) electrons. The van der Waals surface area contributed by atoms with Gasteiger partial charge in [-0.05, 0) is 48.7 Å². The molecule has 2 aliphatic rings. The minimum atomic E-state index is 0.638. The Kier molecular flexibility index (Phi) is 3.36. The molecule has 0 heteroatoms. The lowest BCUT2D eigenvalue weighted by atomic mass is 9.65. The van der Waals surface area contributed by atoms with Crippen LogP contribution in [0.2, 0.25) is 0 Å². The van der Waals surface area contributed by atoms with Crippen LogP contribution in [0.5, 0.6) is 0 Å². The normalized spacial score (nSPS) is 28.4. The maximum Gasteiger partial charge on any atom is 0.0114 e. The van der Waals surface area contributed by atoms with Gasteiger partial charge in [-0.25, -0.2) is 0 Å². The van der Waals surface area contributed by atoms with Gasteiger partial charge in [-0.3, -0.25) is 0 Å². The minimum absolute atomic E-state index is 0.638. The second-order valence-corrected chi connectivity index (χ2v) is 5.91. The molecule has 0 nitrogen and oxygen atoms in total. The largest absolute Gasteiger partial charge is 0.0839 e. The molecule has 1 fully saturated rings. The fourth-order valence-electron chi connectivity index (χ4n) is 3.50. The number of benzene rings is 1. The highest BCUT2D eigenvalue weighted by Gasteiger charge is 2.34. The molecule has 3 rings (SSSR count). The van der Waals surface area contributed by atoms with Gasteiger partial charge in [-0.15, -0.1) is 0 Å². The monoisotopic (exact) mass is 238 g/mol. The third kappa shape index (κ3) is 2.29. The summed E-state index contributed by atoms with van der Waals surface area (Å²) in [5.74, 6) is 2.42. The molecule has 1 aromatic rings. The first-order valence-electron chi connectivity index (χ1n) is 7.26. The van der Waals surface area contributed by atoms with Gasteiger partial charge in [0, 0.05) is 5.92 Å². The van der Waals surface area contributed by atoms with E-state index in [0.29, 0.717) is 5.92 Å². The van der Waals surface area contributed by atoms with Gasteiger partial charge in [0.25, 0.3) is 0 Å². The van der Waals surface area contributed by atoms with Gasteiger partial charge in [-0.2, -0.15) is 0 Å². The van der Waals surface area contributed by atoms with Crippen LogP contribution >= 0.6 is 0 Å². The van der Waals surface area contributed by atoms with E-state index in [1.807, 2.05) is 0 Å². The molecule has 1 aromatic carbocycles. The summed E-state index contributed by atoms with van der Waals surface area (Å²) in [5, 5.41) is 0. The topological polar surface area (TPSA) is 0 Å². The van der Waals surface area contributed by atoms with Crippen molar-refractivity contribution in [2.75, 3.05) is 0 Å². The number of hydrogen-bond acceptors (Lipinski definition) is 0. The van der Waals surface area contributed by atoms with E-state index in [1.165, 1.54) is 31.2 Å². The molecule has 0 bridgehead atoms. The summed E-state index contributed by atoms with van der Waals surface area (Å²) < 4.78 is 0. The highest BCUT2D eigenvalue weighted by molar-refractivity contribution is 5.37. The molecule has 18 heavy (non-hydrogen) atoms. The predicted molar refractivity (Wildman–Crippen MR) is 77.5 cm³/mol. The van der Waals surface area contributed by atoms with E-state index in [1.54, 1.807) is 5.57 Å². The van der Waals surface area contributed by atoms with Crippen molar-refractivity contribution >= 4 is 0 Å². The summed E-state index contributed by atoms with van der Waals surface area (Å²) in [7, 11) is 0. The summed E-state index contributed by atoms with van der Waals surface area (Å²) in [6.07, 6.45) is 12.4. The Bertz CT molecular complexity index is 446. The van der Waals surface area contributed by atoms with Gasteiger partial charge in [-0.1, -0.05) is 55.5 Å². The highest BCUT2D eigenvalue weighted by Crippen LogP contribution is 2.47. The molecule has 0 aromatic heterocycles. The van der Waals surface area contributed by atoms with Crippen LogP contribution in [-0.4, -0.2) is 0 Å². The molecule has 0 saturated heterocycles. The van der Waals surface area contributed by atoms with E-state index in [9.17, 15) is 0 Å². The van der Waals surface area contributed by atoms with Gasteiger partial charge in [0.05, 0.1) is 0 Å². The average Bonchev–Trinajstić information content (AvgIpc) is 2.40. The van der Waals surface area contributed by atoms with E-state index in [-0.39, 0.29) is 0 Å². The first kappa shape index (κ1) is 11.8. The SMILES string of the molecule is CC1CC(C(C2=CCCC=C2)c2ccccc2)C1. The Morgan fingerprint density at radius 3 is 2.44 bits per heavy atom. The number of allylic oxidation sites excluding steroid dienone is 4. The minimum Gasteiger partial charge on any atom is -0.0839 e. The Labute approximate surface area is 110 Å². The van der Waals surface area contributed by atoms with E-state index in [0.717, 1.165) is 11.8 Å². The second kappa shape index (κ2) is 5.14. The summed E-state index contributed by atoms with van der Waals surface area (Å²) in [5.41, 5.74) is 3.07. The molecular formula is C18H22. The molecule has 0 spiro atoms.